The highest BCUT2D eigenvalue weighted by atomic mass is 19.1. The van der Waals surface area contributed by atoms with Gasteiger partial charge in [0.05, 0.1) is 27.0 Å². The van der Waals surface area contributed by atoms with E-state index in [1.807, 2.05) is 24.3 Å². The molecule has 2 aliphatic rings. The third-order valence-electron chi connectivity index (χ3n) is 7.56. The lowest BCUT2D eigenvalue weighted by Crippen LogP contribution is -2.56. The first-order valence-electron chi connectivity index (χ1n) is 12.8. The molecule has 0 amide bonds. The number of anilines is 1. The zero-order valence-electron chi connectivity index (χ0n) is 21.6. The molecule has 2 fully saturated rings. The lowest BCUT2D eigenvalue weighted by atomic mass is 9.86. The lowest BCUT2D eigenvalue weighted by molar-refractivity contribution is -0.141. The van der Waals surface area contributed by atoms with Crippen LogP contribution < -0.4 is 14.4 Å². The number of ether oxygens (including phenoxy) is 3. The highest BCUT2D eigenvalue weighted by Gasteiger charge is 2.35. The van der Waals surface area contributed by atoms with Crippen LogP contribution in [0.5, 0.6) is 11.5 Å². The number of para-hydroxylation sites is 1. The first kappa shape index (κ1) is 26.2. The molecule has 8 heteroatoms. The fraction of sp³-hybridized carbons (Fsp3) is 0.536. The van der Waals surface area contributed by atoms with Crippen LogP contribution in [0.3, 0.4) is 0 Å². The average Bonchev–Trinajstić information content (AvgIpc) is 2.92. The zero-order valence-corrected chi connectivity index (χ0v) is 21.6. The van der Waals surface area contributed by atoms with Gasteiger partial charge >= 0.3 is 5.97 Å². The van der Waals surface area contributed by atoms with Crippen LogP contribution in [0.15, 0.2) is 42.5 Å². The van der Waals surface area contributed by atoms with E-state index in [-0.39, 0.29) is 11.8 Å². The van der Waals surface area contributed by atoms with Crippen LogP contribution >= 0.6 is 0 Å². The minimum absolute atomic E-state index is 0.157. The van der Waals surface area contributed by atoms with Gasteiger partial charge in [-0.2, -0.15) is 0 Å². The molecule has 2 heterocycles. The van der Waals surface area contributed by atoms with E-state index >= 15 is 0 Å². The Kier molecular flexibility index (Phi) is 9.04. The Hall–Kier alpha value is -2.84. The molecule has 4 rings (SSSR count). The van der Waals surface area contributed by atoms with Crippen LogP contribution in [0, 0.1) is 11.7 Å². The SMILES string of the molecule is COC(=O)CC[C@H]1CN(Cc2ccc(OC)c(OC)c2)CC[C@H]1N1CCN(c2ccccc2F)CC1. The molecule has 196 valence electrons. The Balaban J connectivity index is 1.40. The Labute approximate surface area is 213 Å². The highest BCUT2D eigenvalue weighted by Crippen LogP contribution is 2.32. The maximum Gasteiger partial charge on any atom is 0.305 e. The maximum atomic E-state index is 14.3. The van der Waals surface area contributed by atoms with Crippen molar-refractivity contribution >= 4 is 11.7 Å². The highest BCUT2D eigenvalue weighted by molar-refractivity contribution is 5.69. The van der Waals surface area contributed by atoms with Gasteiger partial charge in [0, 0.05) is 51.7 Å². The van der Waals surface area contributed by atoms with E-state index in [9.17, 15) is 9.18 Å². The molecule has 0 bridgehead atoms. The van der Waals surface area contributed by atoms with Gasteiger partial charge in [-0.1, -0.05) is 18.2 Å². The molecular formula is C28H38FN3O4. The monoisotopic (exact) mass is 499 g/mol. The number of piperazine rings is 1. The third-order valence-corrected chi connectivity index (χ3v) is 7.56. The van der Waals surface area contributed by atoms with Gasteiger partial charge in [0.2, 0.25) is 0 Å². The molecule has 0 aromatic heterocycles. The number of likely N-dealkylation sites (tertiary alicyclic amines) is 1. The van der Waals surface area contributed by atoms with Gasteiger partial charge in [-0.25, -0.2) is 4.39 Å². The quantitative estimate of drug-likeness (QED) is 0.487. The normalized spacial score (nSPS) is 21.3. The summed E-state index contributed by atoms with van der Waals surface area (Å²) in [5.41, 5.74) is 1.86. The van der Waals surface area contributed by atoms with E-state index in [0.717, 1.165) is 70.2 Å². The Bertz CT molecular complexity index is 1010. The summed E-state index contributed by atoms with van der Waals surface area (Å²) in [5, 5.41) is 0. The predicted molar refractivity (Wildman–Crippen MR) is 138 cm³/mol. The van der Waals surface area contributed by atoms with Crippen molar-refractivity contribution in [2.75, 3.05) is 65.5 Å². The molecule has 2 aromatic carbocycles. The third kappa shape index (κ3) is 6.28. The number of nitrogens with zero attached hydrogens (tertiary/aromatic N) is 3. The molecule has 2 saturated heterocycles. The molecule has 7 nitrogen and oxygen atoms in total. The van der Waals surface area contributed by atoms with Crippen LogP contribution in [-0.2, 0) is 16.1 Å². The van der Waals surface area contributed by atoms with E-state index in [0.29, 0.717) is 24.1 Å². The van der Waals surface area contributed by atoms with Crippen LogP contribution in [0.1, 0.15) is 24.8 Å². The number of rotatable bonds is 9. The molecule has 2 atom stereocenters. The number of esters is 1. The Morgan fingerprint density at radius 1 is 0.972 bits per heavy atom. The summed E-state index contributed by atoms with van der Waals surface area (Å²) < 4.78 is 30.1. The summed E-state index contributed by atoms with van der Waals surface area (Å²) >= 11 is 0. The molecule has 0 aliphatic carbocycles. The first-order chi connectivity index (χ1) is 17.5. The van der Waals surface area contributed by atoms with Gasteiger partial charge in [0.1, 0.15) is 5.82 Å². The van der Waals surface area contributed by atoms with Crippen molar-refractivity contribution in [3.05, 3.63) is 53.8 Å². The lowest BCUT2D eigenvalue weighted by Gasteiger charge is -2.47. The van der Waals surface area contributed by atoms with Crippen molar-refractivity contribution in [2.24, 2.45) is 5.92 Å². The van der Waals surface area contributed by atoms with E-state index in [4.69, 9.17) is 14.2 Å². The van der Waals surface area contributed by atoms with Gasteiger partial charge in [0.25, 0.3) is 0 Å². The second kappa shape index (κ2) is 12.4. The average molecular weight is 500 g/mol. The summed E-state index contributed by atoms with van der Waals surface area (Å²) in [5.74, 6) is 1.50. The van der Waals surface area contributed by atoms with Gasteiger partial charge in [-0.05, 0) is 55.1 Å². The fourth-order valence-corrected chi connectivity index (χ4v) is 5.65. The smallest absolute Gasteiger partial charge is 0.305 e. The maximum absolute atomic E-state index is 14.3. The van der Waals surface area contributed by atoms with Crippen molar-refractivity contribution in [2.45, 2.75) is 31.8 Å². The second-order valence-corrected chi connectivity index (χ2v) is 9.63. The number of hydrogen-bond donors (Lipinski definition) is 0. The van der Waals surface area contributed by atoms with Crippen LogP contribution in [0.25, 0.3) is 0 Å². The zero-order chi connectivity index (χ0) is 25.5. The fourth-order valence-electron chi connectivity index (χ4n) is 5.65. The first-order valence-corrected chi connectivity index (χ1v) is 12.8. The summed E-state index contributed by atoms with van der Waals surface area (Å²) in [6, 6.07) is 13.5. The molecule has 2 aliphatic heterocycles. The summed E-state index contributed by atoms with van der Waals surface area (Å²) in [6.07, 6.45) is 2.27. The number of carbonyl (C=O) groups excluding carboxylic acids is 1. The number of piperidine rings is 1. The van der Waals surface area contributed by atoms with Gasteiger partial charge < -0.3 is 19.1 Å². The second-order valence-electron chi connectivity index (χ2n) is 9.63. The van der Waals surface area contributed by atoms with Crippen molar-refractivity contribution in [3.63, 3.8) is 0 Å². The van der Waals surface area contributed by atoms with Crippen LogP contribution in [-0.4, -0.2) is 82.4 Å². The van der Waals surface area contributed by atoms with E-state index in [1.54, 1.807) is 20.3 Å². The number of methoxy groups -OCH3 is 3. The van der Waals surface area contributed by atoms with Crippen molar-refractivity contribution in [3.8, 4) is 11.5 Å². The van der Waals surface area contributed by atoms with E-state index in [1.165, 1.54) is 18.7 Å². The van der Waals surface area contributed by atoms with Gasteiger partial charge in [-0.15, -0.1) is 0 Å². The van der Waals surface area contributed by atoms with E-state index < -0.39 is 0 Å². The molecule has 36 heavy (non-hydrogen) atoms. The molecule has 0 unspecified atom stereocenters. The van der Waals surface area contributed by atoms with Gasteiger partial charge in [-0.3, -0.25) is 14.6 Å². The number of carbonyl (C=O) groups is 1. The topological polar surface area (TPSA) is 54.5 Å². The predicted octanol–water partition coefficient (Wildman–Crippen LogP) is 3.81. The van der Waals surface area contributed by atoms with Crippen LogP contribution in [0.4, 0.5) is 10.1 Å². The summed E-state index contributed by atoms with van der Waals surface area (Å²) in [6.45, 7) is 6.12. The standard InChI is InChI=1S/C28H38FN3O4/c1-34-26-10-8-21(18-27(26)35-2)19-30-13-12-24(22(20-30)9-11-28(33)36-3)31-14-16-32(17-15-31)25-7-5-4-6-23(25)29/h4-8,10,18,22,24H,9,11-17,19-20H2,1-3H3/t22-,24+/m0/s1. The number of benzene rings is 2. The van der Waals surface area contributed by atoms with Crippen molar-refractivity contribution < 1.29 is 23.4 Å². The van der Waals surface area contributed by atoms with Crippen molar-refractivity contribution in [1.82, 2.24) is 9.80 Å². The minimum Gasteiger partial charge on any atom is -0.493 e. The molecule has 0 radical (unpaired) electrons. The van der Waals surface area contributed by atoms with E-state index in [2.05, 4.69) is 20.8 Å². The van der Waals surface area contributed by atoms with Crippen molar-refractivity contribution in [1.29, 1.82) is 0 Å². The molecule has 0 spiro atoms. The largest absolute Gasteiger partial charge is 0.493 e. The molecule has 2 aromatic rings. The molecule has 0 N–H and O–H groups in total. The number of halogens is 1. The summed E-state index contributed by atoms with van der Waals surface area (Å²) in [4.78, 5) is 19.1. The number of hydrogen-bond acceptors (Lipinski definition) is 7. The summed E-state index contributed by atoms with van der Waals surface area (Å²) in [7, 11) is 4.75. The Morgan fingerprint density at radius 3 is 2.42 bits per heavy atom. The molecular weight excluding hydrogens is 461 g/mol. The van der Waals surface area contributed by atoms with Crippen LogP contribution in [0.2, 0.25) is 0 Å². The molecule has 0 saturated carbocycles. The minimum atomic E-state index is -0.162. The van der Waals surface area contributed by atoms with Gasteiger partial charge in [0.15, 0.2) is 11.5 Å². The Morgan fingerprint density at radius 2 is 1.72 bits per heavy atom.